The Hall–Kier alpha value is -2.08. The number of Topliss-reactive ketones (excluding diaryl/α,β-unsaturated/α-hetero) is 1. The van der Waals surface area contributed by atoms with E-state index in [9.17, 15) is 9.59 Å². The minimum Gasteiger partial charge on any atom is -0.493 e. The number of carbonyl (C=O) groups excluding carboxylic acids is 2. The van der Waals surface area contributed by atoms with Crippen molar-refractivity contribution >= 4 is 11.7 Å². The van der Waals surface area contributed by atoms with Gasteiger partial charge in [-0.15, -0.1) is 0 Å². The molecule has 2 saturated heterocycles. The lowest BCUT2D eigenvalue weighted by Crippen LogP contribution is -2.56. The van der Waals surface area contributed by atoms with Crippen LogP contribution < -0.4 is 9.47 Å². The van der Waals surface area contributed by atoms with Crippen LogP contribution in [0.4, 0.5) is 0 Å². The lowest BCUT2D eigenvalue weighted by atomic mass is 9.99. The third kappa shape index (κ3) is 4.18. The summed E-state index contributed by atoms with van der Waals surface area (Å²) in [5, 5.41) is 0. The van der Waals surface area contributed by atoms with Crippen LogP contribution in [0, 0.1) is 0 Å². The molecule has 142 valence electrons. The van der Waals surface area contributed by atoms with Crippen molar-refractivity contribution in [2.45, 2.75) is 38.1 Å². The second-order valence-electron chi connectivity index (χ2n) is 7.02. The molecule has 2 aliphatic rings. The van der Waals surface area contributed by atoms with Crippen LogP contribution in [-0.2, 0) is 4.79 Å². The van der Waals surface area contributed by atoms with Crippen molar-refractivity contribution in [3.05, 3.63) is 23.8 Å². The van der Waals surface area contributed by atoms with Gasteiger partial charge in [0.25, 0.3) is 0 Å². The number of ether oxygens (including phenoxy) is 2. The summed E-state index contributed by atoms with van der Waals surface area (Å²) in [6.07, 6.45) is 4.18. The number of amides is 1. The van der Waals surface area contributed by atoms with Gasteiger partial charge in [0.05, 0.1) is 14.2 Å². The van der Waals surface area contributed by atoms with Crippen LogP contribution >= 0.6 is 0 Å². The lowest BCUT2D eigenvalue weighted by Gasteiger charge is -2.44. The Morgan fingerprint density at radius 3 is 2.62 bits per heavy atom. The molecule has 0 saturated carbocycles. The maximum absolute atomic E-state index is 12.5. The summed E-state index contributed by atoms with van der Waals surface area (Å²) in [6, 6.07) is 5.61. The van der Waals surface area contributed by atoms with Crippen molar-refractivity contribution in [1.82, 2.24) is 9.80 Å². The molecule has 6 nitrogen and oxygen atoms in total. The number of methoxy groups -OCH3 is 2. The smallest absolute Gasteiger partial charge is 0.223 e. The number of hydrogen-bond donors (Lipinski definition) is 0. The van der Waals surface area contributed by atoms with Gasteiger partial charge >= 0.3 is 0 Å². The molecule has 2 aliphatic heterocycles. The lowest BCUT2D eigenvalue weighted by molar-refractivity contribution is -0.134. The van der Waals surface area contributed by atoms with Crippen LogP contribution in [0.2, 0.25) is 0 Å². The molecule has 0 aromatic heterocycles. The number of nitrogens with zero attached hydrogens (tertiary/aromatic N) is 2. The number of hydrogen-bond acceptors (Lipinski definition) is 5. The highest BCUT2D eigenvalue weighted by Gasteiger charge is 2.30. The number of ketones is 1. The zero-order chi connectivity index (χ0) is 18.5. The van der Waals surface area contributed by atoms with Crippen molar-refractivity contribution in [1.29, 1.82) is 0 Å². The van der Waals surface area contributed by atoms with E-state index in [4.69, 9.17) is 9.47 Å². The van der Waals surface area contributed by atoms with Crippen LogP contribution in [0.25, 0.3) is 0 Å². The average molecular weight is 360 g/mol. The molecule has 0 bridgehead atoms. The predicted octanol–water partition coefficient (Wildman–Crippen LogP) is 2.36. The van der Waals surface area contributed by atoms with Crippen molar-refractivity contribution in [3.63, 3.8) is 0 Å². The zero-order valence-corrected chi connectivity index (χ0v) is 15.7. The van der Waals surface area contributed by atoms with Gasteiger partial charge in [-0.3, -0.25) is 14.5 Å². The summed E-state index contributed by atoms with van der Waals surface area (Å²) in [5.74, 6) is 1.16. The SMILES string of the molecule is COc1ccc(C(=O)CCC(=O)N2CCN3CCCCC3C2)cc1OC. The molecule has 6 heteroatoms. The van der Waals surface area contributed by atoms with Gasteiger partial charge in [-0.1, -0.05) is 6.42 Å². The van der Waals surface area contributed by atoms with E-state index in [1.807, 2.05) is 4.90 Å². The van der Waals surface area contributed by atoms with Gasteiger partial charge in [-0.05, 0) is 37.6 Å². The Bertz CT molecular complexity index is 661. The van der Waals surface area contributed by atoms with Crippen molar-refractivity contribution in [2.24, 2.45) is 0 Å². The molecular formula is C20H28N2O4. The molecule has 0 spiro atoms. The molecule has 26 heavy (non-hydrogen) atoms. The minimum absolute atomic E-state index is 0.0457. The molecular weight excluding hydrogens is 332 g/mol. The third-order valence-corrected chi connectivity index (χ3v) is 5.46. The van der Waals surface area contributed by atoms with E-state index in [0.717, 1.165) is 26.2 Å². The van der Waals surface area contributed by atoms with E-state index in [1.54, 1.807) is 32.4 Å². The molecule has 1 amide bonds. The molecule has 3 rings (SSSR count). The molecule has 2 fully saturated rings. The highest BCUT2D eigenvalue weighted by molar-refractivity contribution is 5.98. The van der Waals surface area contributed by atoms with Crippen molar-refractivity contribution < 1.29 is 19.1 Å². The van der Waals surface area contributed by atoms with Crippen molar-refractivity contribution in [2.75, 3.05) is 40.4 Å². The molecule has 1 unspecified atom stereocenters. The topological polar surface area (TPSA) is 59.1 Å². The second-order valence-corrected chi connectivity index (χ2v) is 7.02. The van der Waals surface area contributed by atoms with Crippen LogP contribution in [0.15, 0.2) is 18.2 Å². The summed E-state index contributed by atoms with van der Waals surface area (Å²) in [5.41, 5.74) is 0.549. The molecule has 1 atom stereocenters. The van der Waals surface area contributed by atoms with Gasteiger partial charge in [0, 0.05) is 44.1 Å². The van der Waals surface area contributed by atoms with Crippen LogP contribution in [-0.4, -0.2) is 67.9 Å². The average Bonchev–Trinajstić information content (AvgIpc) is 2.70. The van der Waals surface area contributed by atoms with Gasteiger partial charge in [-0.2, -0.15) is 0 Å². The number of benzene rings is 1. The Balaban J connectivity index is 1.53. The van der Waals surface area contributed by atoms with Gasteiger partial charge in [0.15, 0.2) is 17.3 Å². The first-order valence-corrected chi connectivity index (χ1v) is 9.39. The molecule has 1 aromatic carbocycles. The highest BCUT2D eigenvalue weighted by Crippen LogP contribution is 2.28. The Morgan fingerprint density at radius 2 is 1.85 bits per heavy atom. The van der Waals surface area contributed by atoms with Gasteiger partial charge in [-0.25, -0.2) is 0 Å². The van der Waals surface area contributed by atoms with E-state index in [1.165, 1.54) is 19.3 Å². The standard InChI is InChI=1S/C20H28N2O4/c1-25-18-8-6-15(13-19(18)26-2)17(23)7-9-20(24)22-12-11-21-10-4-3-5-16(21)14-22/h6,8,13,16H,3-5,7,9-12,14H2,1-2H3. The first-order chi connectivity index (χ1) is 12.6. The quantitative estimate of drug-likeness (QED) is 0.729. The number of piperidine rings is 1. The van der Waals surface area contributed by atoms with Crippen molar-refractivity contribution in [3.8, 4) is 11.5 Å². The van der Waals surface area contributed by atoms with Gasteiger partial charge in [0.1, 0.15) is 0 Å². The Kier molecular flexibility index (Phi) is 6.14. The first kappa shape index (κ1) is 18.7. The van der Waals surface area contributed by atoms with Gasteiger partial charge < -0.3 is 14.4 Å². The molecule has 2 heterocycles. The van der Waals surface area contributed by atoms with E-state index >= 15 is 0 Å². The fraction of sp³-hybridized carbons (Fsp3) is 0.600. The predicted molar refractivity (Wildman–Crippen MR) is 98.9 cm³/mol. The number of fused-ring (bicyclic) bond motifs is 1. The first-order valence-electron chi connectivity index (χ1n) is 9.39. The number of carbonyl (C=O) groups is 2. The minimum atomic E-state index is -0.0457. The molecule has 1 aromatic rings. The monoisotopic (exact) mass is 360 g/mol. The maximum Gasteiger partial charge on any atom is 0.223 e. The molecule has 0 radical (unpaired) electrons. The maximum atomic E-state index is 12.5. The highest BCUT2D eigenvalue weighted by atomic mass is 16.5. The number of piperazine rings is 1. The fourth-order valence-corrected chi connectivity index (χ4v) is 3.92. The van der Waals surface area contributed by atoms with E-state index < -0.39 is 0 Å². The largest absolute Gasteiger partial charge is 0.493 e. The van der Waals surface area contributed by atoms with E-state index in [-0.39, 0.29) is 24.5 Å². The number of rotatable bonds is 6. The fourth-order valence-electron chi connectivity index (χ4n) is 3.92. The second kappa shape index (κ2) is 8.54. The normalized spacial score (nSPS) is 20.4. The zero-order valence-electron chi connectivity index (χ0n) is 15.7. The van der Waals surface area contributed by atoms with E-state index in [0.29, 0.717) is 23.1 Å². The Morgan fingerprint density at radius 1 is 1.04 bits per heavy atom. The summed E-state index contributed by atoms with van der Waals surface area (Å²) in [7, 11) is 3.10. The summed E-state index contributed by atoms with van der Waals surface area (Å²) in [6.45, 7) is 3.70. The molecule has 0 aliphatic carbocycles. The van der Waals surface area contributed by atoms with Crippen LogP contribution in [0.5, 0.6) is 11.5 Å². The summed E-state index contributed by atoms with van der Waals surface area (Å²) in [4.78, 5) is 29.4. The Labute approximate surface area is 155 Å². The van der Waals surface area contributed by atoms with Gasteiger partial charge in [0.2, 0.25) is 5.91 Å². The summed E-state index contributed by atoms with van der Waals surface area (Å²) >= 11 is 0. The van der Waals surface area contributed by atoms with E-state index in [2.05, 4.69) is 4.90 Å². The molecule has 0 N–H and O–H groups in total. The summed E-state index contributed by atoms with van der Waals surface area (Å²) < 4.78 is 10.4. The van der Waals surface area contributed by atoms with Crippen LogP contribution in [0.1, 0.15) is 42.5 Å². The van der Waals surface area contributed by atoms with Crippen LogP contribution in [0.3, 0.4) is 0 Å². The third-order valence-electron chi connectivity index (χ3n) is 5.46.